The van der Waals surface area contributed by atoms with Crippen molar-refractivity contribution in [1.29, 1.82) is 0 Å². The first kappa shape index (κ1) is 16.2. The first-order valence-corrected chi connectivity index (χ1v) is 8.57. The van der Waals surface area contributed by atoms with Gasteiger partial charge in [-0.3, -0.25) is 10.1 Å². The SMILES string of the molecule is COc1cccc(-c2csc3nc(NC(=O)c4ccc(F)cc4)nn23)c1. The number of ether oxygens (including phenoxy) is 1. The lowest BCUT2D eigenvalue weighted by Gasteiger charge is -2.03. The summed E-state index contributed by atoms with van der Waals surface area (Å²) in [4.78, 5) is 17.2. The third-order valence-electron chi connectivity index (χ3n) is 3.78. The Labute approximate surface area is 151 Å². The fourth-order valence-corrected chi connectivity index (χ4v) is 3.32. The second kappa shape index (κ2) is 6.57. The molecule has 0 fully saturated rings. The van der Waals surface area contributed by atoms with Crippen LogP contribution in [0.15, 0.2) is 53.9 Å². The van der Waals surface area contributed by atoms with Crippen LogP contribution in [0.2, 0.25) is 0 Å². The van der Waals surface area contributed by atoms with E-state index in [4.69, 9.17) is 4.74 Å². The lowest BCUT2D eigenvalue weighted by atomic mass is 10.2. The zero-order valence-corrected chi connectivity index (χ0v) is 14.5. The van der Waals surface area contributed by atoms with Crippen LogP contribution in [-0.2, 0) is 0 Å². The van der Waals surface area contributed by atoms with Crippen molar-refractivity contribution in [3.05, 3.63) is 65.3 Å². The van der Waals surface area contributed by atoms with Gasteiger partial charge in [0.25, 0.3) is 11.9 Å². The first-order chi connectivity index (χ1) is 12.6. The molecule has 26 heavy (non-hydrogen) atoms. The number of carbonyl (C=O) groups excluding carboxylic acids is 1. The molecule has 2 aromatic carbocycles. The van der Waals surface area contributed by atoms with Gasteiger partial charge in [0.15, 0.2) is 0 Å². The van der Waals surface area contributed by atoms with E-state index in [9.17, 15) is 9.18 Å². The van der Waals surface area contributed by atoms with Crippen LogP contribution in [0.4, 0.5) is 10.3 Å². The van der Waals surface area contributed by atoms with Gasteiger partial charge >= 0.3 is 0 Å². The van der Waals surface area contributed by atoms with Gasteiger partial charge in [0, 0.05) is 16.5 Å². The number of nitrogens with zero attached hydrogens (tertiary/aromatic N) is 3. The molecule has 0 radical (unpaired) electrons. The topological polar surface area (TPSA) is 68.5 Å². The molecule has 2 heterocycles. The van der Waals surface area contributed by atoms with Crippen LogP contribution in [0.25, 0.3) is 16.2 Å². The number of rotatable bonds is 4. The van der Waals surface area contributed by atoms with Gasteiger partial charge < -0.3 is 4.74 Å². The summed E-state index contributed by atoms with van der Waals surface area (Å²) in [5.74, 6) is 0.137. The number of aromatic nitrogens is 3. The molecule has 0 spiro atoms. The molecule has 4 rings (SSSR count). The Balaban J connectivity index is 1.63. The molecule has 0 saturated carbocycles. The van der Waals surface area contributed by atoms with Crippen molar-refractivity contribution in [3.8, 4) is 17.0 Å². The fourth-order valence-electron chi connectivity index (χ4n) is 2.49. The van der Waals surface area contributed by atoms with E-state index in [1.54, 1.807) is 11.6 Å². The average molecular weight is 368 g/mol. The van der Waals surface area contributed by atoms with Crippen molar-refractivity contribution < 1.29 is 13.9 Å². The van der Waals surface area contributed by atoms with Crippen LogP contribution in [0.5, 0.6) is 5.75 Å². The van der Waals surface area contributed by atoms with Crippen LogP contribution < -0.4 is 10.1 Å². The van der Waals surface area contributed by atoms with Crippen LogP contribution in [0.3, 0.4) is 0 Å². The molecule has 0 aliphatic heterocycles. The highest BCUT2D eigenvalue weighted by atomic mass is 32.1. The zero-order chi connectivity index (χ0) is 18.1. The van der Waals surface area contributed by atoms with E-state index >= 15 is 0 Å². The summed E-state index contributed by atoms with van der Waals surface area (Å²) in [6.45, 7) is 0. The van der Waals surface area contributed by atoms with Gasteiger partial charge in [-0.2, -0.15) is 4.98 Å². The van der Waals surface area contributed by atoms with Gasteiger partial charge in [-0.05, 0) is 36.4 Å². The highest BCUT2D eigenvalue weighted by Gasteiger charge is 2.14. The number of thiazole rings is 1. The second-order valence-electron chi connectivity index (χ2n) is 5.44. The Hall–Kier alpha value is -3.26. The molecular weight excluding hydrogens is 355 g/mol. The molecule has 6 nitrogen and oxygen atoms in total. The Morgan fingerprint density at radius 1 is 1.23 bits per heavy atom. The molecule has 4 aromatic rings. The highest BCUT2D eigenvalue weighted by molar-refractivity contribution is 7.15. The van der Waals surface area contributed by atoms with Crippen molar-refractivity contribution in [1.82, 2.24) is 14.6 Å². The number of benzene rings is 2. The van der Waals surface area contributed by atoms with Gasteiger partial charge in [0.1, 0.15) is 11.6 Å². The number of nitrogens with one attached hydrogen (secondary N) is 1. The van der Waals surface area contributed by atoms with Gasteiger partial charge in [-0.15, -0.1) is 16.4 Å². The molecule has 0 aliphatic carbocycles. The number of carbonyl (C=O) groups is 1. The van der Waals surface area contributed by atoms with Crippen LogP contribution in [0, 0.1) is 5.82 Å². The summed E-state index contributed by atoms with van der Waals surface area (Å²) in [5, 5.41) is 8.93. The fraction of sp³-hybridized carbons (Fsp3) is 0.0556. The predicted octanol–water partition coefficient (Wildman–Crippen LogP) is 3.86. The molecule has 0 unspecified atom stereocenters. The van der Waals surface area contributed by atoms with E-state index in [0.717, 1.165) is 17.0 Å². The third-order valence-corrected chi connectivity index (χ3v) is 4.60. The second-order valence-corrected chi connectivity index (χ2v) is 6.28. The molecule has 2 aromatic heterocycles. The summed E-state index contributed by atoms with van der Waals surface area (Å²) in [6.07, 6.45) is 0. The number of amides is 1. The molecule has 1 N–H and O–H groups in total. The molecule has 1 amide bonds. The van der Waals surface area contributed by atoms with E-state index in [0.29, 0.717) is 10.5 Å². The smallest absolute Gasteiger partial charge is 0.258 e. The maximum Gasteiger partial charge on any atom is 0.258 e. The van der Waals surface area contributed by atoms with Gasteiger partial charge in [-0.1, -0.05) is 12.1 Å². The minimum atomic E-state index is -0.398. The largest absolute Gasteiger partial charge is 0.497 e. The Bertz CT molecular complexity index is 1090. The minimum absolute atomic E-state index is 0.190. The molecule has 0 bridgehead atoms. The monoisotopic (exact) mass is 368 g/mol. The molecule has 0 saturated heterocycles. The summed E-state index contributed by atoms with van der Waals surface area (Å²) < 4.78 is 19.9. The quantitative estimate of drug-likeness (QED) is 0.594. The van der Waals surface area contributed by atoms with Crippen molar-refractivity contribution >= 4 is 28.2 Å². The number of fused-ring (bicyclic) bond motifs is 1. The standard InChI is InChI=1S/C18H13FN4O2S/c1-25-14-4-2-3-12(9-14)15-10-26-18-21-17(22-23(15)18)20-16(24)11-5-7-13(19)8-6-11/h2-10H,1H3,(H,20,22,24). The summed E-state index contributed by atoms with van der Waals surface area (Å²) in [7, 11) is 1.61. The zero-order valence-electron chi connectivity index (χ0n) is 13.6. The van der Waals surface area contributed by atoms with E-state index in [-0.39, 0.29) is 5.95 Å². The van der Waals surface area contributed by atoms with Crippen molar-refractivity contribution in [2.24, 2.45) is 0 Å². The van der Waals surface area contributed by atoms with Gasteiger partial charge in [-0.25, -0.2) is 8.91 Å². The molecule has 8 heteroatoms. The predicted molar refractivity (Wildman–Crippen MR) is 97.2 cm³/mol. The van der Waals surface area contributed by atoms with Crippen LogP contribution >= 0.6 is 11.3 Å². The minimum Gasteiger partial charge on any atom is -0.497 e. The number of hydrogen-bond donors (Lipinski definition) is 1. The highest BCUT2D eigenvalue weighted by Crippen LogP contribution is 2.28. The molecule has 0 atom stereocenters. The number of methoxy groups -OCH3 is 1. The lowest BCUT2D eigenvalue weighted by Crippen LogP contribution is -2.13. The first-order valence-electron chi connectivity index (χ1n) is 7.69. The summed E-state index contributed by atoms with van der Waals surface area (Å²) in [5.41, 5.74) is 2.10. The van der Waals surface area contributed by atoms with Crippen LogP contribution in [0.1, 0.15) is 10.4 Å². The Kier molecular flexibility index (Phi) is 4.10. The van der Waals surface area contributed by atoms with E-state index in [1.165, 1.54) is 35.6 Å². The third kappa shape index (κ3) is 3.02. The van der Waals surface area contributed by atoms with Crippen molar-refractivity contribution in [2.75, 3.05) is 12.4 Å². The van der Waals surface area contributed by atoms with E-state index in [2.05, 4.69) is 15.4 Å². The average Bonchev–Trinajstić information content (AvgIpc) is 3.22. The maximum atomic E-state index is 13.0. The van der Waals surface area contributed by atoms with Gasteiger partial charge in [0.05, 0.1) is 12.8 Å². The summed E-state index contributed by atoms with van der Waals surface area (Å²) >= 11 is 1.42. The number of halogens is 1. The normalized spacial score (nSPS) is 10.8. The summed E-state index contributed by atoms with van der Waals surface area (Å²) in [6, 6.07) is 12.9. The van der Waals surface area contributed by atoms with E-state index in [1.807, 2.05) is 29.6 Å². The molecule has 130 valence electrons. The number of anilines is 1. The molecular formula is C18H13FN4O2S. The van der Waals surface area contributed by atoms with Crippen LogP contribution in [-0.4, -0.2) is 27.6 Å². The maximum absolute atomic E-state index is 13.0. The van der Waals surface area contributed by atoms with E-state index < -0.39 is 11.7 Å². The van der Waals surface area contributed by atoms with Crippen molar-refractivity contribution in [2.45, 2.75) is 0 Å². The Morgan fingerprint density at radius 3 is 2.81 bits per heavy atom. The van der Waals surface area contributed by atoms with Crippen molar-refractivity contribution in [3.63, 3.8) is 0 Å². The molecule has 0 aliphatic rings. The lowest BCUT2D eigenvalue weighted by molar-refractivity contribution is 0.102. The van der Waals surface area contributed by atoms with Gasteiger partial charge in [0.2, 0.25) is 4.96 Å². The number of hydrogen-bond acceptors (Lipinski definition) is 5. The Morgan fingerprint density at radius 2 is 2.04 bits per heavy atom.